The van der Waals surface area contributed by atoms with E-state index in [2.05, 4.69) is 17.2 Å². The van der Waals surface area contributed by atoms with E-state index in [9.17, 15) is 14.0 Å². The van der Waals surface area contributed by atoms with Crippen LogP contribution in [0.3, 0.4) is 0 Å². The molecule has 2 heterocycles. The van der Waals surface area contributed by atoms with Crippen molar-refractivity contribution in [3.05, 3.63) is 81.5 Å². The number of aromatic nitrogens is 2. The number of fused-ring (bicyclic) bond motifs is 1. The Balaban J connectivity index is 1.65. The molecular weight excluding hydrogens is 401 g/mol. The SMILES string of the molecule is CCc1ccc(NC(=O)Cn2cnc3sc(C)c(-c4ccc(F)cc4)c3c2=O)cc1. The van der Waals surface area contributed by atoms with E-state index in [1.54, 1.807) is 12.1 Å². The van der Waals surface area contributed by atoms with Gasteiger partial charge in [-0.15, -0.1) is 11.3 Å². The van der Waals surface area contributed by atoms with Gasteiger partial charge in [0.1, 0.15) is 17.2 Å². The zero-order valence-corrected chi connectivity index (χ0v) is 17.4. The first-order chi connectivity index (χ1) is 14.5. The van der Waals surface area contributed by atoms with Gasteiger partial charge in [0.15, 0.2) is 0 Å². The van der Waals surface area contributed by atoms with Crippen LogP contribution in [0.4, 0.5) is 10.1 Å². The highest BCUT2D eigenvalue weighted by molar-refractivity contribution is 7.19. The Morgan fingerprint density at radius 1 is 1.13 bits per heavy atom. The summed E-state index contributed by atoms with van der Waals surface area (Å²) in [6.45, 7) is 3.83. The van der Waals surface area contributed by atoms with Gasteiger partial charge in [-0.1, -0.05) is 31.2 Å². The van der Waals surface area contributed by atoms with Gasteiger partial charge in [-0.05, 0) is 48.7 Å². The average molecular weight is 421 g/mol. The van der Waals surface area contributed by atoms with Crippen LogP contribution in [0.15, 0.2) is 59.7 Å². The van der Waals surface area contributed by atoms with Crippen molar-refractivity contribution in [2.24, 2.45) is 0 Å². The lowest BCUT2D eigenvalue weighted by molar-refractivity contribution is -0.116. The number of halogens is 1. The van der Waals surface area contributed by atoms with Crippen molar-refractivity contribution in [2.45, 2.75) is 26.8 Å². The molecule has 0 saturated carbocycles. The first-order valence-electron chi connectivity index (χ1n) is 9.59. The van der Waals surface area contributed by atoms with Gasteiger partial charge in [0, 0.05) is 16.1 Å². The summed E-state index contributed by atoms with van der Waals surface area (Å²) in [5.74, 6) is -0.645. The summed E-state index contributed by atoms with van der Waals surface area (Å²) in [5.41, 5.74) is 3.05. The molecule has 2 aromatic carbocycles. The number of anilines is 1. The first kappa shape index (κ1) is 20.0. The molecule has 5 nitrogen and oxygen atoms in total. The zero-order chi connectivity index (χ0) is 21.3. The molecule has 1 N–H and O–H groups in total. The third-order valence-electron chi connectivity index (χ3n) is 4.95. The first-order valence-corrected chi connectivity index (χ1v) is 10.4. The molecule has 0 bridgehead atoms. The second-order valence-electron chi connectivity index (χ2n) is 7.00. The minimum absolute atomic E-state index is 0.144. The molecule has 0 unspecified atom stereocenters. The Kier molecular flexibility index (Phi) is 5.46. The van der Waals surface area contributed by atoms with Gasteiger partial charge in [-0.2, -0.15) is 0 Å². The van der Waals surface area contributed by atoms with Crippen molar-refractivity contribution in [1.29, 1.82) is 0 Å². The lowest BCUT2D eigenvalue weighted by Gasteiger charge is -2.08. The fraction of sp³-hybridized carbons (Fsp3) is 0.174. The van der Waals surface area contributed by atoms with Crippen molar-refractivity contribution < 1.29 is 9.18 Å². The van der Waals surface area contributed by atoms with Crippen molar-refractivity contribution in [2.75, 3.05) is 5.32 Å². The van der Waals surface area contributed by atoms with Crippen LogP contribution in [0.5, 0.6) is 0 Å². The van der Waals surface area contributed by atoms with Crippen LogP contribution >= 0.6 is 11.3 Å². The van der Waals surface area contributed by atoms with Gasteiger partial charge in [0.05, 0.1) is 11.7 Å². The second-order valence-corrected chi connectivity index (χ2v) is 8.20. The maximum atomic E-state index is 13.3. The maximum absolute atomic E-state index is 13.3. The summed E-state index contributed by atoms with van der Waals surface area (Å²) in [6.07, 6.45) is 2.32. The van der Waals surface area contributed by atoms with Gasteiger partial charge >= 0.3 is 0 Å². The molecule has 0 saturated heterocycles. The Hall–Kier alpha value is -3.32. The number of benzene rings is 2. The number of nitrogens with zero attached hydrogens (tertiary/aromatic N) is 2. The minimum Gasteiger partial charge on any atom is -0.325 e. The summed E-state index contributed by atoms with van der Waals surface area (Å²) >= 11 is 1.41. The van der Waals surface area contributed by atoms with Gasteiger partial charge in [-0.3, -0.25) is 14.2 Å². The van der Waals surface area contributed by atoms with Crippen molar-refractivity contribution >= 4 is 33.1 Å². The van der Waals surface area contributed by atoms with E-state index in [-0.39, 0.29) is 23.8 Å². The Morgan fingerprint density at radius 3 is 2.50 bits per heavy atom. The molecule has 30 heavy (non-hydrogen) atoms. The molecule has 0 aliphatic carbocycles. The fourth-order valence-corrected chi connectivity index (χ4v) is 4.40. The van der Waals surface area contributed by atoms with Gasteiger partial charge in [-0.25, -0.2) is 9.37 Å². The van der Waals surface area contributed by atoms with Crippen molar-refractivity contribution in [1.82, 2.24) is 9.55 Å². The van der Waals surface area contributed by atoms with Gasteiger partial charge in [0.25, 0.3) is 5.56 Å². The number of carbonyl (C=O) groups excluding carboxylic acids is 1. The molecule has 1 amide bonds. The van der Waals surface area contributed by atoms with Crippen molar-refractivity contribution in [3.8, 4) is 11.1 Å². The lowest BCUT2D eigenvalue weighted by atomic mass is 10.0. The summed E-state index contributed by atoms with van der Waals surface area (Å²) < 4.78 is 14.6. The van der Waals surface area contributed by atoms with Crippen LogP contribution in [0.1, 0.15) is 17.4 Å². The number of hydrogen-bond acceptors (Lipinski definition) is 4. The van der Waals surface area contributed by atoms with E-state index in [4.69, 9.17) is 0 Å². The van der Waals surface area contributed by atoms with Gasteiger partial charge in [0.2, 0.25) is 5.91 Å². The molecule has 0 radical (unpaired) electrons. The van der Waals surface area contributed by atoms with Crippen LogP contribution in [-0.2, 0) is 17.8 Å². The Labute approximate surface area is 176 Å². The third kappa shape index (κ3) is 3.89. The highest BCUT2D eigenvalue weighted by atomic mass is 32.1. The van der Waals surface area contributed by atoms with E-state index in [1.807, 2.05) is 31.2 Å². The molecule has 4 rings (SSSR count). The average Bonchev–Trinajstić information content (AvgIpc) is 3.08. The second kappa shape index (κ2) is 8.20. The normalized spacial score (nSPS) is 11.0. The molecule has 4 aromatic rings. The predicted molar refractivity (Wildman–Crippen MR) is 118 cm³/mol. The smallest absolute Gasteiger partial charge is 0.263 e. The highest BCUT2D eigenvalue weighted by Crippen LogP contribution is 2.35. The number of hydrogen-bond donors (Lipinski definition) is 1. The number of thiophene rings is 1. The third-order valence-corrected chi connectivity index (χ3v) is 5.96. The van der Waals surface area contributed by atoms with Crippen LogP contribution < -0.4 is 10.9 Å². The lowest BCUT2D eigenvalue weighted by Crippen LogP contribution is -2.27. The monoisotopic (exact) mass is 421 g/mol. The largest absolute Gasteiger partial charge is 0.325 e. The molecule has 152 valence electrons. The molecule has 0 aliphatic heterocycles. The van der Waals surface area contributed by atoms with E-state index in [1.165, 1.54) is 39.9 Å². The number of aryl methyl sites for hydroxylation is 2. The minimum atomic E-state index is -0.338. The maximum Gasteiger partial charge on any atom is 0.263 e. The highest BCUT2D eigenvalue weighted by Gasteiger charge is 2.18. The molecule has 0 aliphatic rings. The molecule has 2 aromatic heterocycles. The summed E-state index contributed by atoms with van der Waals surface area (Å²) in [6, 6.07) is 13.6. The van der Waals surface area contributed by atoms with Crippen LogP contribution in [0.25, 0.3) is 21.3 Å². The number of rotatable bonds is 5. The quantitative estimate of drug-likeness (QED) is 0.505. The van der Waals surface area contributed by atoms with Crippen LogP contribution in [0.2, 0.25) is 0 Å². The van der Waals surface area contributed by atoms with Crippen molar-refractivity contribution in [3.63, 3.8) is 0 Å². The Morgan fingerprint density at radius 2 is 1.83 bits per heavy atom. The Bertz CT molecular complexity index is 1280. The zero-order valence-electron chi connectivity index (χ0n) is 16.6. The van der Waals surface area contributed by atoms with E-state index in [0.717, 1.165) is 22.4 Å². The summed E-state index contributed by atoms with van der Waals surface area (Å²) in [7, 11) is 0. The van der Waals surface area contributed by atoms with Gasteiger partial charge < -0.3 is 5.32 Å². The number of carbonyl (C=O) groups is 1. The van der Waals surface area contributed by atoms with E-state index >= 15 is 0 Å². The molecule has 0 spiro atoms. The molecule has 7 heteroatoms. The summed E-state index contributed by atoms with van der Waals surface area (Å²) in [5, 5.41) is 3.26. The van der Waals surface area contributed by atoms with E-state index < -0.39 is 0 Å². The molecule has 0 atom stereocenters. The fourth-order valence-electron chi connectivity index (χ4n) is 3.39. The summed E-state index contributed by atoms with van der Waals surface area (Å²) in [4.78, 5) is 31.5. The number of nitrogens with one attached hydrogen (secondary N) is 1. The van der Waals surface area contributed by atoms with Crippen LogP contribution in [0, 0.1) is 12.7 Å². The molecular formula is C23H20FN3O2S. The number of amides is 1. The van der Waals surface area contributed by atoms with Crippen LogP contribution in [-0.4, -0.2) is 15.5 Å². The molecule has 0 fully saturated rings. The topological polar surface area (TPSA) is 64.0 Å². The van der Waals surface area contributed by atoms with E-state index in [0.29, 0.717) is 15.9 Å². The predicted octanol–water partition coefficient (Wildman–Crippen LogP) is 4.77. The standard InChI is InChI=1S/C23H20FN3O2S/c1-3-15-4-10-18(11-5-15)26-19(28)12-27-13-25-22-21(23(27)29)20(14(2)30-22)16-6-8-17(24)9-7-16/h4-11,13H,3,12H2,1-2H3,(H,26,28).